The van der Waals surface area contributed by atoms with Crippen LogP contribution in [0.2, 0.25) is 5.02 Å². The van der Waals surface area contributed by atoms with Crippen molar-refractivity contribution < 1.29 is 42.0 Å². The molecular formula is C19H23ClFNO8S. The molecule has 0 bridgehead atoms. The van der Waals surface area contributed by atoms with Crippen molar-refractivity contribution in [3.63, 3.8) is 0 Å². The molecule has 1 saturated heterocycles. The number of carbonyl (C=O) groups is 1. The predicted octanol–water partition coefficient (Wildman–Crippen LogP) is 1.34. The molecule has 0 radical (unpaired) electrons. The molecule has 9 nitrogen and oxygen atoms in total. The number of ether oxygens (including phenoxy) is 3. The van der Waals surface area contributed by atoms with Crippen LogP contribution >= 0.6 is 11.6 Å². The lowest BCUT2D eigenvalue weighted by atomic mass is 9.94. The molecule has 3 N–H and O–H groups in total. The molecule has 0 aromatic heterocycles. The predicted molar refractivity (Wildman–Crippen MR) is 108 cm³/mol. The number of carbonyl (C=O) groups excluding carboxylic acids is 1. The van der Waals surface area contributed by atoms with Gasteiger partial charge >= 0.3 is 5.97 Å². The summed E-state index contributed by atoms with van der Waals surface area (Å²) in [6.45, 7) is 1.00. The van der Waals surface area contributed by atoms with Crippen LogP contribution in [0.3, 0.4) is 0 Å². The summed E-state index contributed by atoms with van der Waals surface area (Å²) in [6.07, 6.45) is -0.792. The zero-order valence-corrected chi connectivity index (χ0v) is 18.2. The Labute approximate surface area is 183 Å². The third-order valence-electron chi connectivity index (χ3n) is 5.01. The number of anilines is 1. The van der Waals surface area contributed by atoms with Gasteiger partial charge in [0.1, 0.15) is 23.3 Å². The van der Waals surface area contributed by atoms with E-state index in [1.165, 1.54) is 12.1 Å². The quantitative estimate of drug-likeness (QED) is 0.499. The molecule has 1 aromatic rings. The summed E-state index contributed by atoms with van der Waals surface area (Å²) in [4.78, 5) is 12.6. The van der Waals surface area contributed by atoms with Crippen molar-refractivity contribution in [3.8, 4) is 0 Å². The molecule has 3 rings (SSSR count). The minimum absolute atomic E-state index is 0.0146. The van der Waals surface area contributed by atoms with Crippen LogP contribution in [0.1, 0.15) is 19.8 Å². The normalized spacial score (nSPS) is 27.1. The van der Waals surface area contributed by atoms with Crippen molar-refractivity contribution in [2.75, 3.05) is 24.5 Å². The van der Waals surface area contributed by atoms with Crippen molar-refractivity contribution in [3.05, 3.63) is 40.7 Å². The number of esters is 1. The molecule has 31 heavy (non-hydrogen) atoms. The fourth-order valence-corrected chi connectivity index (χ4v) is 5.30. The van der Waals surface area contributed by atoms with E-state index in [1.807, 2.05) is 0 Å². The molecule has 1 aliphatic heterocycles. The lowest BCUT2D eigenvalue weighted by molar-refractivity contribution is -0.156. The molecule has 1 aromatic carbocycles. The molecule has 0 amide bonds. The second kappa shape index (κ2) is 9.39. The number of sulfonamides is 1. The molecule has 1 spiro atoms. The zero-order valence-electron chi connectivity index (χ0n) is 16.6. The van der Waals surface area contributed by atoms with E-state index in [4.69, 9.17) is 30.9 Å². The molecule has 1 fully saturated rings. The first-order valence-corrected chi connectivity index (χ1v) is 11.5. The maximum absolute atomic E-state index is 13.3. The van der Waals surface area contributed by atoms with Gasteiger partial charge in [0, 0.05) is 6.42 Å². The second-order valence-corrected chi connectivity index (χ2v) is 9.42. The third kappa shape index (κ3) is 5.18. The Morgan fingerprint density at radius 1 is 1.48 bits per heavy atom. The van der Waals surface area contributed by atoms with Gasteiger partial charge in [-0.05, 0) is 37.6 Å². The molecule has 12 heteroatoms. The number of aliphatic hydroxyl groups is 2. The van der Waals surface area contributed by atoms with Crippen LogP contribution in [0.4, 0.5) is 10.1 Å². The molecule has 1 aliphatic carbocycles. The van der Waals surface area contributed by atoms with Gasteiger partial charge in [-0.3, -0.25) is 4.72 Å². The van der Waals surface area contributed by atoms with Crippen LogP contribution in [0.25, 0.3) is 0 Å². The lowest BCUT2D eigenvalue weighted by Crippen LogP contribution is -2.43. The van der Waals surface area contributed by atoms with Crippen LogP contribution in [0, 0.1) is 5.82 Å². The van der Waals surface area contributed by atoms with Gasteiger partial charge in [-0.25, -0.2) is 17.6 Å². The monoisotopic (exact) mass is 479 g/mol. The molecule has 2 aliphatic rings. The van der Waals surface area contributed by atoms with E-state index < -0.39 is 51.7 Å². The van der Waals surface area contributed by atoms with Crippen LogP contribution in [-0.4, -0.2) is 67.7 Å². The Hall–Kier alpha value is -1.76. The molecule has 1 heterocycles. The average Bonchev–Trinajstić information content (AvgIpc) is 3.12. The highest BCUT2D eigenvalue weighted by atomic mass is 35.5. The fraction of sp³-hybridized carbons (Fsp3) is 0.526. The maximum atomic E-state index is 13.3. The van der Waals surface area contributed by atoms with E-state index in [2.05, 4.69) is 4.72 Å². The summed E-state index contributed by atoms with van der Waals surface area (Å²) >= 11 is 5.92. The van der Waals surface area contributed by atoms with Gasteiger partial charge in [0.15, 0.2) is 5.79 Å². The highest BCUT2D eigenvalue weighted by Crippen LogP contribution is 2.40. The highest BCUT2D eigenvalue weighted by Gasteiger charge is 2.49. The highest BCUT2D eigenvalue weighted by molar-refractivity contribution is 7.93. The maximum Gasteiger partial charge on any atom is 0.335 e. The smallest absolute Gasteiger partial charge is 0.335 e. The van der Waals surface area contributed by atoms with Crippen molar-refractivity contribution in [2.45, 2.75) is 43.0 Å². The summed E-state index contributed by atoms with van der Waals surface area (Å²) in [5.41, 5.74) is -0.232. The van der Waals surface area contributed by atoms with Gasteiger partial charge in [-0.2, -0.15) is 0 Å². The van der Waals surface area contributed by atoms with E-state index >= 15 is 0 Å². The minimum atomic E-state index is -4.19. The van der Waals surface area contributed by atoms with Gasteiger partial charge in [0.05, 0.1) is 36.1 Å². The standard InChI is InChI=1S/C19H23ClFNO8S/c1-2-28-18(25)12-8-19(29-10-16(30-19)15(24)9-23)6-5-17(12)31(26,27)22-14-4-3-11(21)7-13(14)20/h3-4,7-8,15-17,22-24H,2,5-6,9-10H2,1H3. The first kappa shape index (κ1) is 23.9. The van der Waals surface area contributed by atoms with Crippen LogP contribution in [0.5, 0.6) is 0 Å². The summed E-state index contributed by atoms with van der Waals surface area (Å²) in [5.74, 6) is -2.92. The Balaban J connectivity index is 1.91. The van der Waals surface area contributed by atoms with Crippen LogP contribution < -0.4 is 4.72 Å². The number of aliphatic hydroxyl groups excluding tert-OH is 2. The fourth-order valence-electron chi connectivity index (χ4n) is 3.47. The molecule has 0 saturated carbocycles. The van der Waals surface area contributed by atoms with E-state index in [1.54, 1.807) is 6.92 Å². The molecule has 172 valence electrons. The van der Waals surface area contributed by atoms with E-state index in [0.717, 1.165) is 12.1 Å². The topological polar surface area (TPSA) is 131 Å². The van der Waals surface area contributed by atoms with Gasteiger partial charge in [-0.1, -0.05) is 11.6 Å². The van der Waals surface area contributed by atoms with Crippen LogP contribution in [-0.2, 0) is 29.0 Å². The second-order valence-electron chi connectivity index (χ2n) is 7.15. The van der Waals surface area contributed by atoms with E-state index in [0.29, 0.717) is 0 Å². The lowest BCUT2D eigenvalue weighted by Gasteiger charge is -2.33. The van der Waals surface area contributed by atoms with Crippen molar-refractivity contribution >= 4 is 33.3 Å². The largest absolute Gasteiger partial charge is 0.463 e. The first-order chi connectivity index (χ1) is 14.6. The number of rotatable bonds is 7. The number of halogens is 2. The summed E-state index contributed by atoms with van der Waals surface area (Å²) < 4.78 is 58.1. The number of benzene rings is 1. The number of hydrogen-bond acceptors (Lipinski definition) is 8. The average molecular weight is 480 g/mol. The molecular weight excluding hydrogens is 457 g/mol. The van der Waals surface area contributed by atoms with Crippen LogP contribution in [0.15, 0.2) is 29.8 Å². The Morgan fingerprint density at radius 3 is 2.87 bits per heavy atom. The van der Waals surface area contributed by atoms with Gasteiger partial charge in [0.25, 0.3) is 0 Å². The minimum Gasteiger partial charge on any atom is -0.463 e. The summed E-state index contributed by atoms with van der Waals surface area (Å²) in [6, 6.07) is 3.19. The summed E-state index contributed by atoms with van der Waals surface area (Å²) in [5, 5.41) is 17.5. The molecule has 4 atom stereocenters. The Bertz CT molecular complexity index is 972. The van der Waals surface area contributed by atoms with Crippen molar-refractivity contribution in [1.82, 2.24) is 0 Å². The van der Waals surface area contributed by atoms with Gasteiger partial charge < -0.3 is 24.4 Å². The zero-order chi connectivity index (χ0) is 22.8. The SMILES string of the molecule is CCOC(=O)C1=CC2(CCC1S(=O)(=O)Nc1ccc(F)cc1Cl)OCC(C(O)CO)O2. The first-order valence-electron chi connectivity index (χ1n) is 9.58. The number of hydrogen-bond donors (Lipinski definition) is 3. The third-order valence-corrected chi connectivity index (χ3v) is 7.06. The molecule has 4 unspecified atom stereocenters. The van der Waals surface area contributed by atoms with Crippen molar-refractivity contribution in [2.24, 2.45) is 0 Å². The number of nitrogens with one attached hydrogen (secondary N) is 1. The van der Waals surface area contributed by atoms with E-state index in [-0.39, 0.29) is 42.3 Å². The van der Waals surface area contributed by atoms with E-state index in [9.17, 15) is 22.7 Å². The van der Waals surface area contributed by atoms with Gasteiger partial charge in [0.2, 0.25) is 10.0 Å². The van der Waals surface area contributed by atoms with Crippen molar-refractivity contribution in [1.29, 1.82) is 0 Å². The Morgan fingerprint density at radius 2 is 2.23 bits per heavy atom. The Kier molecular flexibility index (Phi) is 7.24. The van der Waals surface area contributed by atoms with Gasteiger partial charge in [-0.15, -0.1) is 0 Å². The summed E-state index contributed by atoms with van der Waals surface area (Å²) in [7, 11) is -4.19.